The molecular formula is C24H18FNO5S. The van der Waals surface area contributed by atoms with Gasteiger partial charge in [0.1, 0.15) is 17.6 Å². The molecule has 1 aromatic heterocycles. The van der Waals surface area contributed by atoms with Crippen LogP contribution in [0.4, 0.5) is 4.39 Å². The fourth-order valence-electron chi connectivity index (χ4n) is 3.97. The molecule has 0 bridgehead atoms. The third kappa shape index (κ3) is 3.33. The Morgan fingerprint density at radius 3 is 2.59 bits per heavy atom. The summed E-state index contributed by atoms with van der Waals surface area (Å²) in [6.45, 7) is 2.07. The van der Waals surface area contributed by atoms with E-state index < -0.39 is 17.7 Å². The van der Waals surface area contributed by atoms with Gasteiger partial charge in [0.25, 0.3) is 11.7 Å². The first-order valence-corrected chi connectivity index (χ1v) is 10.8. The third-order valence-electron chi connectivity index (χ3n) is 5.60. The monoisotopic (exact) mass is 451 g/mol. The molecule has 2 aromatic carbocycles. The molecule has 1 amide bonds. The van der Waals surface area contributed by atoms with E-state index in [0.717, 1.165) is 10.4 Å². The number of hydrogen-bond acceptors (Lipinski definition) is 6. The van der Waals surface area contributed by atoms with Gasteiger partial charge in [0, 0.05) is 17.0 Å². The van der Waals surface area contributed by atoms with Crippen LogP contribution in [0, 0.1) is 12.7 Å². The average molecular weight is 451 g/mol. The van der Waals surface area contributed by atoms with Gasteiger partial charge in [0.05, 0.1) is 5.57 Å². The number of carbonyl (C=O) groups excluding carboxylic acids is 2. The predicted octanol–water partition coefficient (Wildman–Crippen LogP) is 4.55. The smallest absolute Gasteiger partial charge is 0.295 e. The van der Waals surface area contributed by atoms with Crippen LogP contribution in [0.2, 0.25) is 0 Å². The van der Waals surface area contributed by atoms with Crippen LogP contribution < -0.4 is 9.47 Å². The number of halogens is 1. The number of carbonyl (C=O) groups is 2. The van der Waals surface area contributed by atoms with Crippen LogP contribution in [0.25, 0.3) is 5.76 Å². The van der Waals surface area contributed by atoms with Crippen molar-refractivity contribution >= 4 is 28.8 Å². The maximum atomic E-state index is 13.3. The van der Waals surface area contributed by atoms with Gasteiger partial charge in [0.15, 0.2) is 11.5 Å². The van der Waals surface area contributed by atoms with Crippen molar-refractivity contribution in [2.45, 2.75) is 19.5 Å². The lowest BCUT2D eigenvalue weighted by atomic mass is 9.98. The van der Waals surface area contributed by atoms with Gasteiger partial charge in [-0.3, -0.25) is 9.59 Å². The zero-order valence-corrected chi connectivity index (χ0v) is 17.8. The largest absolute Gasteiger partial charge is 0.507 e. The van der Waals surface area contributed by atoms with Crippen LogP contribution in [0.1, 0.15) is 27.6 Å². The summed E-state index contributed by atoms with van der Waals surface area (Å²) in [7, 11) is 0. The lowest BCUT2D eigenvalue weighted by molar-refractivity contribution is -0.140. The van der Waals surface area contributed by atoms with Gasteiger partial charge in [-0.2, -0.15) is 0 Å². The van der Waals surface area contributed by atoms with Gasteiger partial charge >= 0.3 is 0 Å². The quantitative estimate of drug-likeness (QED) is 0.358. The Balaban J connectivity index is 1.63. The summed E-state index contributed by atoms with van der Waals surface area (Å²) >= 11 is 1.41. The summed E-state index contributed by atoms with van der Waals surface area (Å²) in [6.07, 6.45) is 0. The highest BCUT2D eigenvalue weighted by molar-refractivity contribution is 7.10. The summed E-state index contributed by atoms with van der Waals surface area (Å²) in [5.41, 5.74) is 1.95. The number of ether oxygens (including phenoxy) is 2. The molecule has 1 unspecified atom stereocenters. The van der Waals surface area contributed by atoms with E-state index in [1.807, 2.05) is 18.4 Å². The summed E-state index contributed by atoms with van der Waals surface area (Å²) in [5.74, 6) is -1.14. The molecule has 2 aliphatic heterocycles. The van der Waals surface area contributed by atoms with Crippen LogP contribution in [-0.2, 0) is 16.1 Å². The molecule has 3 aromatic rings. The Labute approximate surface area is 187 Å². The molecule has 0 aliphatic carbocycles. The molecule has 5 rings (SSSR count). The standard InChI is InChI=1S/C24H18FNO5S/c1-13-8-9-32-23(13)20-19(21(27)15-4-7-17-18(10-15)31-12-30-17)22(28)24(29)26(20)11-14-2-5-16(25)6-3-14/h2-10,20,27H,11-12H2,1H3/b21-19-. The number of ketones is 1. The van der Waals surface area contributed by atoms with Crippen molar-refractivity contribution in [3.05, 3.63) is 86.9 Å². The number of thiophene rings is 1. The molecule has 1 fully saturated rings. The molecule has 162 valence electrons. The maximum absolute atomic E-state index is 13.3. The van der Waals surface area contributed by atoms with Gasteiger partial charge < -0.3 is 19.5 Å². The Morgan fingerprint density at radius 1 is 1.12 bits per heavy atom. The predicted molar refractivity (Wildman–Crippen MR) is 116 cm³/mol. The number of aliphatic hydroxyl groups is 1. The van der Waals surface area contributed by atoms with Crippen molar-refractivity contribution in [2.75, 3.05) is 6.79 Å². The fraction of sp³-hybridized carbons (Fsp3) is 0.167. The summed E-state index contributed by atoms with van der Waals surface area (Å²) in [5, 5.41) is 13.0. The number of benzene rings is 2. The van der Waals surface area contributed by atoms with Crippen LogP contribution in [0.5, 0.6) is 11.5 Å². The van der Waals surface area contributed by atoms with E-state index in [2.05, 4.69) is 0 Å². The highest BCUT2D eigenvalue weighted by Crippen LogP contribution is 2.44. The van der Waals surface area contributed by atoms with E-state index >= 15 is 0 Å². The summed E-state index contributed by atoms with van der Waals surface area (Å²) < 4.78 is 24.0. The molecule has 0 saturated carbocycles. The number of rotatable bonds is 4. The Bertz CT molecular complexity index is 1260. The SMILES string of the molecule is Cc1ccsc1C1/C(=C(/O)c2ccc3c(c2)OCO3)C(=O)C(=O)N1Cc1ccc(F)cc1. The molecule has 32 heavy (non-hydrogen) atoms. The average Bonchev–Trinajstić information content (AvgIpc) is 3.49. The van der Waals surface area contributed by atoms with E-state index in [0.29, 0.717) is 22.6 Å². The Hall–Kier alpha value is -3.65. The van der Waals surface area contributed by atoms with Gasteiger partial charge in [0.2, 0.25) is 6.79 Å². The second-order valence-electron chi connectivity index (χ2n) is 7.59. The zero-order chi connectivity index (χ0) is 22.4. The molecule has 0 spiro atoms. The normalized spacial score (nSPS) is 19.1. The van der Waals surface area contributed by atoms with Gasteiger partial charge in [-0.15, -0.1) is 11.3 Å². The van der Waals surface area contributed by atoms with Crippen LogP contribution in [0.15, 0.2) is 59.5 Å². The van der Waals surface area contributed by atoms with Crippen molar-refractivity contribution in [1.29, 1.82) is 0 Å². The number of amides is 1. The van der Waals surface area contributed by atoms with E-state index in [-0.39, 0.29) is 30.5 Å². The van der Waals surface area contributed by atoms with Gasteiger partial charge in [-0.05, 0) is 59.8 Å². The summed E-state index contributed by atoms with van der Waals surface area (Å²) in [6, 6.07) is 11.8. The van der Waals surface area contributed by atoms with E-state index in [9.17, 15) is 19.1 Å². The number of likely N-dealkylation sites (tertiary alicyclic amines) is 1. The molecule has 6 nitrogen and oxygen atoms in total. The van der Waals surface area contributed by atoms with E-state index in [1.165, 1.54) is 28.4 Å². The number of nitrogens with zero attached hydrogens (tertiary/aromatic N) is 1. The van der Waals surface area contributed by atoms with Crippen molar-refractivity contribution in [3.63, 3.8) is 0 Å². The first kappa shape index (κ1) is 20.3. The second-order valence-corrected chi connectivity index (χ2v) is 8.54. The molecule has 2 aliphatic rings. The number of fused-ring (bicyclic) bond motifs is 1. The third-order valence-corrected chi connectivity index (χ3v) is 6.67. The maximum Gasteiger partial charge on any atom is 0.295 e. The minimum atomic E-state index is -0.764. The first-order valence-electron chi connectivity index (χ1n) is 9.91. The van der Waals surface area contributed by atoms with E-state index in [1.54, 1.807) is 30.3 Å². The van der Waals surface area contributed by atoms with Crippen LogP contribution >= 0.6 is 11.3 Å². The fourth-order valence-corrected chi connectivity index (χ4v) is 5.01. The van der Waals surface area contributed by atoms with Crippen LogP contribution in [0.3, 0.4) is 0 Å². The number of hydrogen-bond donors (Lipinski definition) is 1. The van der Waals surface area contributed by atoms with Crippen molar-refractivity contribution in [3.8, 4) is 11.5 Å². The molecule has 1 atom stereocenters. The Kier molecular flexibility index (Phi) is 4.94. The highest BCUT2D eigenvalue weighted by Gasteiger charge is 2.47. The number of aliphatic hydroxyl groups excluding tert-OH is 1. The minimum Gasteiger partial charge on any atom is -0.507 e. The second kappa shape index (κ2) is 7.80. The lowest BCUT2D eigenvalue weighted by Gasteiger charge is -2.25. The molecule has 0 radical (unpaired) electrons. The van der Waals surface area contributed by atoms with E-state index in [4.69, 9.17) is 9.47 Å². The van der Waals surface area contributed by atoms with Crippen molar-refractivity contribution in [2.24, 2.45) is 0 Å². The number of aryl methyl sites for hydroxylation is 1. The number of Topliss-reactive ketones (excluding diaryl/α,β-unsaturated/α-hetero) is 1. The molecule has 8 heteroatoms. The lowest BCUT2D eigenvalue weighted by Crippen LogP contribution is -2.29. The molecular weight excluding hydrogens is 433 g/mol. The van der Waals surface area contributed by atoms with Crippen molar-refractivity contribution in [1.82, 2.24) is 4.90 Å². The van der Waals surface area contributed by atoms with Gasteiger partial charge in [-0.1, -0.05) is 12.1 Å². The Morgan fingerprint density at radius 2 is 1.88 bits per heavy atom. The molecule has 3 heterocycles. The first-order chi connectivity index (χ1) is 15.4. The minimum absolute atomic E-state index is 0.0153. The highest BCUT2D eigenvalue weighted by atomic mass is 32.1. The van der Waals surface area contributed by atoms with Crippen molar-refractivity contribution < 1.29 is 28.6 Å². The summed E-state index contributed by atoms with van der Waals surface area (Å²) in [4.78, 5) is 28.4. The molecule has 1 N–H and O–H groups in total. The topological polar surface area (TPSA) is 76.1 Å². The van der Waals surface area contributed by atoms with Gasteiger partial charge in [-0.25, -0.2) is 4.39 Å². The zero-order valence-electron chi connectivity index (χ0n) is 17.0. The molecule has 1 saturated heterocycles. The van der Waals surface area contributed by atoms with Crippen LogP contribution in [-0.4, -0.2) is 28.5 Å².